The summed E-state index contributed by atoms with van der Waals surface area (Å²) in [7, 11) is 0. The van der Waals surface area contributed by atoms with Crippen LogP contribution in [-0.2, 0) is 11.4 Å². The highest BCUT2D eigenvalue weighted by atomic mass is 35.5. The molecule has 0 bridgehead atoms. The van der Waals surface area contributed by atoms with E-state index >= 15 is 0 Å². The molecular weight excluding hydrogens is 459 g/mol. The van der Waals surface area contributed by atoms with Gasteiger partial charge in [0.15, 0.2) is 11.5 Å². The van der Waals surface area contributed by atoms with Crippen molar-refractivity contribution in [3.05, 3.63) is 93.0 Å². The van der Waals surface area contributed by atoms with Gasteiger partial charge in [-0.2, -0.15) is 5.26 Å². The first-order valence-corrected chi connectivity index (χ1v) is 11.0. The molecule has 0 heterocycles. The van der Waals surface area contributed by atoms with E-state index in [1.165, 1.54) is 6.08 Å². The zero-order valence-electron chi connectivity index (χ0n) is 18.2. The number of aryl methyl sites for hydroxylation is 1. The third-order valence-corrected chi connectivity index (χ3v) is 5.21. The Bertz CT molecular complexity index is 1230. The van der Waals surface area contributed by atoms with Crippen LogP contribution in [0, 0.1) is 18.3 Å². The van der Waals surface area contributed by atoms with Crippen LogP contribution < -0.4 is 14.8 Å². The largest absolute Gasteiger partial charge is 0.490 e. The van der Waals surface area contributed by atoms with Crippen LogP contribution in [0.4, 0.5) is 5.69 Å². The molecule has 168 valence electrons. The molecule has 1 N–H and O–H groups in total. The summed E-state index contributed by atoms with van der Waals surface area (Å²) in [6.07, 6.45) is 1.44. The normalized spacial score (nSPS) is 10.9. The van der Waals surface area contributed by atoms with E-state index in [1.54, 1.807) is 36.4 Å². The second kappa shape index (κ2) is 11.4. The molecule has 3 aromatic rings. The molecule has 0 aliphatic heterocycles. The predicted octanol–water partition coefficient (Wildman–Crippen LogP) is 6.83. The molecule has 0 aromatic heterocycles. The minimum Gasteiger partial charge on any atom is -0.490 e. The van der Waals surface area contributed by atoms with Gasteiger partial charge in [-0.3, -0.25) is 4.79 Å². The first-order valence-electron chi connectivity index (χ1n) is 10.2. The van der Waals surface area contributed by atoms with E-state index in [4.69, 9.17) is 32.7 Å². The molecule has 7 heteroatoms. The lowest BCUT2D eigenvalue weighted by atomic mass is 10.1. The Labute approximate surface area is 203 Å². The molecule has 5 nitrogen and oxygen atoms in total. The third kappa shape index (κ3) is 6.52. The van der Waals surface area contributed by atoms with Crippen LogP contribution in [0.5, 0.6) is 11.5 Å². The molecule has 0 atom stereocenters. The quantitative estimate of drug-likeness (QED) is 0.283. The molecular formula is C26H22Cl2N2O3. The van der Waals surface area contributed by atoms with Crippen molar-refractivity contribution in [3.63, 3.8) is 0 Å². The number of para-hydroxylation sites is 1. The highest BCUT2D eigenvalue weighted by molar-refractivity contribution is 6.34. The summed E-state index contributed by atoms with van der Waals surface area (Å²) in [4.78, 5) is 12.6. The van der Waals surface area contributed by atoms with Crippen molar-refractivity contribution < 1.29 is 14.3 Å². The maximum absolute atomic E-state index is 12.6. The number of nitriles is 1. The summed E-state index contributed by atoms with van der Waals surface area (Å²) in [5.74, 6) is 0.239. The molecule has 0 fully saturated rings. The van der Waals surface area contributed by atoms with Crippen molar-refractivity contribution in [2.24, 2.45) is 0 Å². The Morgan fingerprint density at radius 3 is 2.55 bits per heavy atom. The molecule has 0 spiro atoms. The Kier molecular flexibility index (Phi) is 8.37. The number of halogens is 2. The first kappa shape index (κ1) is 24.2. The number of ether oxygens (including phenoxy) is 2. The summed E-state index contributed by atoms with van der Waals surface area (Å²) in [6.45, 7) is 4.57. The molecule has 0 saturated carbocycles. The zero-order valence-corrected chi connectivity index (χ0v) is 19.7. The topological polar surface area (TPSA) is 71.3 Å². The van der Waals surface area contributed by atoms with E-state index in [-0.39, 0.29) is 5.57 Å². The van der Waals surface area contributed by atoms with Crippen LogP contribution in [0.1, 0.15) is 23.6 Å². The van der Waals surface area contributed by atoms with Gasteiger partial charge < -0.3 is 14.8 Å². The minimum absolute atomic E-state index is 0.109. The zero-order chi connectivity index (χ0) is 23.8. The van der Waals surface area contributed by atoms with Crippen molar-refractivity contribution in [2.45, 2.75) is 20.5 Å². The van der Waals surface area contributed by atoms with Gasteiger partial charge in [0.05, 0.1) is 22.3 Å². The van der Waals surface area contributed by atoms with Crippen LogP contribution in [0.15, 0.2) is 66.2 Å². The second-order valence-corrected chi connectivity index (χ2v) is 7.96. The van der Waals surface area contributed by atoms with Crippen LogP contribution in [-0.4, -0.2) is 12.5 Å². The van der Waals surface area contributed by atoms with Gasteiger partial charge in [-0.05, 0) is 55.3 Å². The Morgan fingerprint density at radius 2 is 1.85 bits per heavy atom. The number of nitrogens with zero attached hydrogens (tertiary/aromatic N) is 1. The third-order valence-electron chi connectivity index (χ3n) is 4.60. The van der Waals surface area contributed by atoms with Crippen molar-refractivity contribution in [3.8, 4) is 17.6 Å². The van der Waals surface area contributed by atoms with E-state index in [9.17, 15) is 10.1 Å². The van der Waals surface area contributed by atoms with Crippen molar-refractivity contribution in [1.29, 1.82) is 5.26 Å². The van der Waals surface area contributed by atoms with Gasteiger partial charge in [0.2, 0.25) is 0 Å². The fourth-order valence-electron chi connectivity index (χ4n) is 3.10. The Morgan fingerprint density at radius 1 is 1.06 bits per heavy atom. The van der Waals surface area contributed by atoms with Gasteiger partial charge in [-0.25, -0.2) is 0 Å². The molecule has 0 aliphatic rings. The number of amides is 1. The SMILES string of the molecule is CCOc1cc(/C=C(\C#N)C(=O)Nc2ccccc2Cl)cc(Cl)c1OCc1cccc(C)c1. The monoisotopic (exact) mass is 480 g/mol. The number of carbonyl (C=O) groups excluding carboxylic acids is 1. The summed E-state index contributed by atoms with van der Waals surface area (Å²) in [6, 6.07) is 20.0. The van der Waals surface area contributed by atoms with Crippen LogP contribution in [0.25, 0.3) is 6.08 Å². The summed E-state index contributed by atoms with van der Waals surface area (Å²) < 4.78 is 11.7. The van der Waals surface area contributed by atoms with Gasteiger partial charge in [0.1, 0.15) is 18.2 Å². The number of nitrogens with one attached hydrogen (secondary N) is 1. The molecule has 33 heavy (non-hydrogen) atoms. The van der Waals surface area contributed by atoms with Crippen molar-refractivity contribution >= 4 is 40.9 Å². The average molecular weight is 481 g/mol. The molecule has 0 radical (unpaired) electrons. The lowest BCUT2D eigenvalue weighted by Crippen LogP contribution is -2.13. The van der Waals surface area contributed by atoms with Crippen molar-refractivity contribution in [2.75, 3.05) is 11.9 Å². The highest BCUT2D eigenvalue weighted by Gasteiger charge is 2.15. The predicted molar refractivity (Wildman–Crippen MR) is 132 cm³/mol. The van der Waals surface area contributed by atoms with Gasteiger partial charge in [-0.15, -0.1) is 0 Å². The maximum Gasteiger partial charge on any atom is 0.266 e. The lowest BCUT2D eigenvalue weighted by Gasteiger charge is -2.15. The number of anilines is 1. The lowest BCUT2D eigenvalue weighted by molar-refractivity contribution is -0.112. The fraction of sp³-hybridized carbons (Fsp3) is 0.154. The molecule has 0 saturated heterocycles. The second-order valence-electron chi connectivity index (χ2n) is 7.14. The van der Waals surface area contributed by atoms with Gasteiger partial charge in [-0.1, -0.05) is 65.2 Å². The van der Waals surface area contributed by atoms with Gasteiger partial charge >= 0.3 is 0 Å². The van der Waals surface area contributed by atoms with E-state index in [0.717, 1.165) is 11.1 Å². The highest BCUT2D eigenvalue weighted by Crippen LogP contribution is 2.38. The Balaban J connectivity index is 1.86. The fourth-order valence-corrected chi connectivity index (χ4v) is 3.56. The van der Waals surface area contributed by atoms with Crippen LogP contribution >= 0.6 is 23.2 Å². The number of carbonyl (C=O) groups is 1. The molecule has 3 aromatic carbocycles. The van der Waals surface area contributed by atoms with E-state index in [2.05, 4.69) is 5.32 Å². The first-order chi connectivity index (χ1) is 15.9. The molecule has 1 amide bonds. The summed E-state index contributed by atoms with van der Waals surface area (Å²) in [5.41, 5.74) is 2.96. The number of benzene rings is 3. The smallest absolute Gasteiger partial charge is 0.266 e. The summed E-state index contributed by atoms with van der Waals surface area (Å²) in [5, 5.41) is 12.9. The number of rotatable bonds is 8. The minimum atomic E-state index is -0.584. The van der Waals surface area contributed by atoms with E-state index in [1.807, 2.05) is 44.2 Å². The molecule has 3 rings (SSSR count). The van der Waals surface area contributed by atoms with Crippen molar-refractivity contribution in [1.82, 2.24) is 0 Å². The van der Waals surface area contributed by atoms with Crippen LogP contribution in [0.2, 0.25) is 10.0 Å². The number of hydrogen-bond acceptors (Lipinski definition) is 4. The average Bonchev–Trinajstić information content (AvgIpc) is 2.78. The van der Waals surface area contributed by atoms with E-state index < -0.39 is 5.91 Å². The van der Waals surface area contributed by atoms with Gasteiger partial charge in [0, 0.05) is 0 Å². The molecule has 0 aliphatic carbocycles. The standard InChI is InChI=1S/C26H22Cl2N2O3/c1-3-32-24-14-19(12-20(15-29)26(31)30-23-10-5-4-9-21(23)27)13-22(28)25(24)33-16-18-8-6-7-17(2)11-18/h4-14H,3,16H2,1-2H3,(H,30,31)/b20-12+. The number of hydrogen-bond donors (Lipinski definition) is 1. The summed E-state index contributed by atoms with van der Waals surface area (Å²) >= 11 is 12.6. The van der Waals surface area contributed by atoms with Gasteiger partial charge in [0.25, 0.3) is 5.91 Å². The van der Waals surface area contributed by atoms with E-state index in [0.29, 0.717) is 46.0 Å². The maximum atomic E-state index is 12.6. The molecule has 0 unspecified atom stereocenters. The Hall–Kier alpha value is -3.46. The van der Waals surface area contributed by atoms with Crippen LogP contribution in [0.3, 0.4) is 0 Å².